The second-order valence-corrected chi connectivity index (χ2v) is 5.75. The number of aromatic nitrogens is 3. The highest BCUT2D eigenvalue weighted by atomic mass is 16.4. The zero-order chi connectivity index (χ0) is 13.7. The zero-order valence-corrected chi connectivity index (χ0v) is 11.6. The molecule has 0 aromatic carbocycles. The molecule has 1 saturated carbocycles. The number of rotatable bonds is 6. The Hall–Kier alpha value is -1.39. The van der Waals surface area contributed by atoms with Crippen LogP contribution < -0.4 is 0 Å². The third-order valence-electron chi connectivity index (χ3n) is 4.13. The Kier molecular flexibility index (Phi) is 4.56. The van der Waals surface area contributed by atoms with Crippen molar-refractivity contribution in [1.82, 2.24) is 14.8 Å². The third-order valence-corrected chi connectivity index (χ3v) is 4.13. The Bertz CT molecular complexity index is 422. The van der Waals surface area contributed by atoms with E-state index in [1.54, 1.807) is 6.33 Å². The molecule has 0 unspecified atom stereocenters. The quantitative estimate of drug-likeness (QED) is 0.858. The van der Waals surface area contributed by atoms with Crippen molar-refractivity contribution in [3.05, 3.63) is 12.2 Å². The predicted molar refractivity (Wildman–Crippen MR) is 71.8 cm³/mol. The van der Waals surface area contributed by atoms with E-state index >= 15 is 0 Å². The van der Waals surface area contributed by atoms with Crippen LogP contribution in [-0.2, 0) is 17.8 Å². The number of hydrogen-bond acceptors (Lipinski definition) is 3. The van der Waals surface area contributed by atoms with E-state index in [0.29, 0.717) is 0 Å². The first-order valence-corrected chi connectivity index (χ1v) is 7.24. The van der Waals surface area contributed by atoms with Gasteiger partial charge in [-0.05, 0) is 24.7 Å². The second-order valence-electron chi connectivity index (χ2n) is 5.75. The van der Waals surface area contributed by atoms with E-state index in [1.165, 1.54) is 6.42 Å². The monoisotopic (exact) mass is 265 g/mol. The third kappa shape index (κ3) is 3.55. The van der Waals surface area contributed by atoms with Gasteiger partial charge in [0, 0.05) is 13.0 Å². The van der Waals surface area contributed by atoms with Gasteiger partial charge in [-0.2, -0.15) is 0 Å². The first-order chi connectivity index (χ1) is 9.15. The molecule has 106 valence electrons. The molecule has 1 aliphatic carbocycles. The van der Waals surface area contributed by atoms with E-state index in [1.807, 2.05) is 0 Å². The number of aliphatic carboxylic acids is 1. The van der Waals surface area contributed by atoms with Gasteiger partial charge >= 0.3 is 5.97 Å². The normalized spacial score (nSPS) is 18.4. The van der Waals surface area contributed by atoms with E-state index in [0.717, 1.165) is 50.9 Å². The van der Waals surface area contributed by atoms with Gasteiger partial charge in [-0.25, -0.2) is 0 Å². The molecular formula is C14H23N3O2. The highest BCUT2D eigenvalue weighted by Gasteiger charge is 2.35. The maximum atomic E-state index is 11.2. The van der Waals surface area contributed by atoms with Crippen LogP contribution in [0.1, 0.15) is 57.7 Å². The molecule has 1 aliphatic rings. The lowest BCUT2D eigenvalue weighted by atomic mass is 9.69. The predicted octanol–water partition coefficient (Wildman–Crippen LogP) is 2.66. The van der Waals surface area contributed by atoms with Gasteiger partial charge in [0.15, 0.2) is 0 Å². The fourth-order valence-electron chi connectivity index (χ4n) is 3.22. The van der Waals surface area contributed by atoms with E-state index in [2.05, 4.69) is 21.7 Å². The number of aryl methyl sites for hydroxylation is 1. The molecule has 0 radical (unpaired) electrons. The minimum Gasteiger partial charge on any atom is -0.481 e. The van der Waals surface area contributed by atoms with Gasteiger partial charge in [0.2, 0.25) is 0 Å². The van der Waals surface area contributed by atoms with Gasteiger partial charge < -0.3 is 9.67 Å². The maximum Gasteiger partial charge on any atom is 0.303 e. The molecule has 19 heavy (non-hydrogen) atoms. The van der Waals surface area contributed by atoms with Crippen molar-refractivity contribution < 1.29 is 9.90 Å². The summed E-state index contributed by atoms with van der Waals surface area (Å²) in [6.07, 6.45) is 9.29. The van der Waals surface area contributed by atoms with Crippen molar-refractivity contribution in [3.63, 3.8) is 0 Å². The lowest BCUT2D eigenvalue weighted by molar-refractivity contribution is -0.140. The number of carboxylic acids is 1. The summed E-state index contributed by atoms with van der Waals surface area (Å²) < 4.78 is 2.07. The fraction of sp³-hybridized carbons (Fsp3) is 0.786. The van der Waals surface area contributed by atoms with Crippen LogP contribution >= 0.6 is 0 Å². The average Bonchev–Trinajstić information content (AvgIpc) is 2.77. The van der Waals surface area contributed by atoms with Crippen molar-refractivity contribution in [2.75, 3.05) is 0 Å². The average molecular weight is 265 g/mol. The molecule has 1 N–H and O–H groups in total. The Labute approximate surface area is 114 Å². The molecule has 0 saturated heterocycles. The molecule has 5 heteroatoms. The van der Waals surface area contributed by atoms with Gasteiger partial charge in [-0.15, -0.1) is 10.2 Å². The van der Waals surface area contributed by atoms with Crippen molar-refractivity contribution in [2.45, 2.75) is 64.8 Å². The lowest BCUT2D eigenvalue weighted by Gasteiger charge is -2.35. The molecule has 1 fully saturated rings. The molecule has 0 atom stereocenters. The summed E-state index contributed by atoms with van der Waals surface area (Å²) in [6, 6.07) is 0. The summed E-state index contributed by atoms with van der Waals surface area (Å²) >= 11 is 0. The minimum atomic E-state index is -0.691. The summed E-state index contributed by atoms with van der Waals surface area (Å²) in [7, 11) is 0. The van der Waals surface area contributed by atoms with Gasteiger partial charge in [0.1, 0.15) is 12.2 Å². The Morgan fingerprint density at radius 1 is 1.42 bits per heavy atom. The van der Waals surface area contributed by atoms with Crippen LogP contribution in [0.5, 0.6) is 0 Å². The van der Waals surface area contributed by atoms with Crippen LogP contribution in [0.2, 0.25) is 0 Å². The van der Waals surface area contributed by atoms with E-state index in [4.69, 9.17) is 0 Å². The Balaban J connectivity index is 2.14. The van der Waals surface area contributed by atoms with E-state index in [9.17, 15) is 9.90 Å². The summed E-state index contributed by atoms with van der Waals surface area (Å²) in [5.41, 5.74) is -0.109. The zero-order valence-electron chi connectivity index (χ0n) is 11.6. The number of hydrogen-bond donors (Lipinski definition) is 1. The van der Waals surface area contributed by atoms with Gasteiger partial charge in [-0.3, -0.25) is 4.79 Å². The summed E-state index contributed by atoms with van der Waals surface area (Å²) in [5.74, 6) is 0.258. The first-order valence-electron chi connectivity index (χ1n) is 7.24. The SMILES string of the molecule is CCCn1cnnc1CC1(CC(=O)O)CCCCC1. The maximum absolute atomic E-state index is 11.2. The van der Waals surface area contributed by atoms with Crippen LogP contribution in [0, 0.1) is 5.41 Å². The molecule has 1 heterocycles. The summed E-state index contributed by atoms with van der Waals surface area (Å²) in [5, 5.41) is 17.4. The minimum absolute atomic E-state index is 0.109. The van der Waals surface area contributed by atoms with Crippen LogP contribution in [0.25, 0.3) is 0 Å². The van der Waals surface area contributed by atoms with Gasteiger partial charge in [0.25, 0.3) is 0 Å². The smallest absolute Gasteiger partial charge is 0.303 e. The Morgan fingerprint density at radius 3 is 2.79 bits per heavy atom. The second kappa shape index (κ2) is 6.17. The van der Waals surface area contributed by atoms with Gasteiger partial charge in [-0.1, -0.05) is 26.2 Å². The highest BCUT2D eigenvalue weighted by Crippen LogP contribution is 2.41. The van der Waals surface area contributed by atoms with Gasteiger partial charge in [0.05, 0.1) is 6.42 Å². The van der Waals surface area contributed by atoms with Crippen molar-refractivity contribution in [1.29, 1.82) is 0 Å². The Morgan fingerprint density at radius 2 is 2.16 bits per heavy atom. The van der Waals surface area contributed by atoms with Crippen LogP contribution in [0.4, 0.5) is 0 Å². The summed E-state index contributed by atoms with van der Waals surface area (Å²) in [6.45, 7) is 3.03. The van der Waals surface area contributed by atoms with Crippen molar-refractivity contribution in [3.8, 4) is 0 Å². The van der Waals surface area contributed by atoms with Crippen molar-refractivity contribution in [2.24, 2.45) is 5.41 Å². The molecule has 0 aliphatic heterocycles. The molecule has 0 amide bonds. The molecule has 2 rings (SSSR count). The highest BCUT2D eigenvalue weighted by molar-refractivity contribution is 5.67. The largest absolute Gasteiger partial charge is 0.481 e. The molecule has 1 aromatic rings. The molecule has 0 spiro atoms. The molecule has 0 bridgehead atoms. The van der Waals surface area contributed by atoms with Crippen LogP contribution in [0.3, 0.4) is 0 Å². The van der Waals surface area contributed by atoms with E-state index in [-0.39, 0.29) is 11.8 Å². The molecular weight excluding hydrogens is 242 g/mol. The summed E-state index contributed by atoms with van der Waals surface area (Å²) in [4.78, 5) is 11.2. The van der Waals surface area contributed by atoms with Crippen molar-refractivity contribution >= 4 is 5.97 Å². The fourth-order valence-corrected chi connectivity index (χ4v) is 3.22. The number of carbonyl (C=O) groups is 1. The first kappa shape index (κ1) is 14.0. The lowest BCUT2D eigenvalue weighted by Crippen LogP contribution is -2.31. The standard InChI is InChI=1S/C14H23N3O2/c1-2-8-17-11-15-16-12(17)9-14(10-13(18)19)6-4-3-5-7-14/h11H,2-10H2,1H3,(H,18,19). The molecule has 1 aromatic heterocycles. The van der Waals surface area contributed by atoms with E-state index < -0.39 is 5.97 Å². The van der Waals surface area contributed by atoms with Crippen LogP contribution in [-0.4, -0.2) is 25.8 Å². The molecule has 5 nitrogen and oxygen atoms in total. The van der Waals surface area contributed by atoms with Crippen LogP contribution in [0.15, 0.2) is 6.33 Å². The number of carboxylic acid groups (broad SMARTS) is 1. The topological polar surface area (TPSA) is 68.0 Å². The number of nitrogens with zero attached hydrogens (tertiary/aromatic N) is 3.